The summed E-state index contributed by atoms with van der Waals surface area (Å²) in [5.41, 5.74) is 2.11. The summed E-state index contributed by atoms with van der Waals surface area (Å²) < 4.78 is 5.64. The Morgan fingerprint density at radius 1 is 1.17 bits per heavy atom. The molecule has 5 nitrogen and oxygen atoms in total. The molecule has 0 aliphatic carbocycles. The molecule has 2 heterocycles. The van der Waals surface area contributed by atoms with Gasteiger partial charge in [0.1, 0.15) is 0 Å². The molecule has 24 heavy (non-hydrogen) atoms. The van der Waals surface area contributed by atoms with Crippen LogP contribution in [-0.4, -0.2) is 49.8 Å². The van der Waals surface area contributed by atoms with Gasteiger partial charge in [-0.2, -0.15) is 0 Å². The smallest absolute Gasteiger partial charge is 0.321 e. The molecule has 0 spiro atoms. The van der Waals surface area contributed by atoms with E-state index >= 15 is 0 Å². The molecule has 3 rings (SSSR count). The van der Waals surface area contributed by atoms with E-state index < -0.39 is 0 Å². The fraction of sp³-hybridized carbons (Fsp3) is 0.632. The van der Waals surface area contributed by atoms with Crippen molar-refractivity contribution in [3.05, 3.63) is 24.3 Å². The summed E-state index contributed by atoms with van der Waals surface area (Å²) >= 11 is 0. The average molecular weight is 331 g/mol. The first-order valence-corrected chi connectivity index (χ1v) is 9.18. The molecule has 0 saturated carbocycles. The van der Waals surface area contributed by atoms with Crippen LogP contribution in [0.5, 0.6) is 0 Å². The molecule has 1 N–H and O–H groups in total. The molecular weight excluding hydrogens is 302 g/mol. The van der Waals surface area contributed by atoms with Crippen LogP contribution in [0.3, 0.4) is 0 Å². The maximum atomic E-state index is 12.4. The highest BCUT2D eigenvalue weighted by atomic mass is 16.5. The number of urea groups is 1. The van der Waals surface area contributed by atoms with Gasteiger partial charge < -0.3 is 19.9 Å². The minimum atomic E-state index is -0.00695. The van der Waals surface area contributed by atoms with Gasteiger partial charge in [0, 0.05) is 44.2 Å². The van der Waals surface area contributed by atoms with Crippen molar-refractivity contribution in [2.45, 2.75) is 39.2 Å². The van der Waals surface area contributed by atoms with Gasteiger partial charge in [-0.1, -0.05) is 6.92 Å². The van der Waals surface area contributed by atoms with Crippen LogP contribution in [-0.2, 0) is 4.74 Å². The van der Waals surface area contributed by atoms with Crippen molar-refractivity contribution in [1.29, 1.82) is 0 Å². The quantitative estimate of drug-likeness (QED) is 0.917. The number of hydrogen-bond acceptors (Lipinski definition) is 3. The average Bonchev–Trinajstić information content (AvgIpc) is 3.03. The summed E-state index contributed by atoms with van der Waals surface area (Å²) in [5, 5.41) is 3.01. The van der Waals surface area contributed by atoms with Crippen molar-refractivity contribution in [1.82, 2.24) is 4.90 Å². The maximum absolute atomic E-state index is 12.4. The van der Waals surface area contributed by atoms with Crippen LogP contribution in [0, 0.1) is 5.92 Å². The molecule has 0 radical (unpaired) electrons. The summed E-state index contributed by atoms with van der Waals surface area (Å²) in [7, 11) is 0. The third-order valence-electron chi connectivity index (χ3n) is 5.04. The summed E-state index contributed by atoms with van der Waals surface area (Å²) in [5.74, 6) is 0.768. The van der Waals surface area contributed by atoms with Crippen LogP contribution in [0.2, 0.25) is 0 Å². The van der Waals surface area contributed by atoms with Gasteiger partial charge in [0.2, 0.25) is 0 Å². The fourth-order valence-electron chi connectivity index (χ4n) is 3.59. The standard InChI is InChI=1S/C19H29N3O2/c1-3-24-18-9-12-21(13-10-18)19(23)20-16-4-6-17(7-5-16)22-11-8-15(2)14-22/h4-7,15,18H,3,8-14H2,1-2H3,(H,20,23)/t15-/m0/s1. The van der Waals surface area contributed by atoms with E-state index in [1.165, 1.54) is 12.1 Å². The van der Waals surface area contributed by atoms with E-state index in [9.17, 15) is 4.79 Å². The number of nitrogens with one attached hydrogen (secondary N) is 1. The Kier molecular flexibility index (Phi) is 5.61. The lowest BCUT2D eigenvalue weighted by Crippen LogP contribution is -2.43. The van der Waals surface area contributed by atoms with Crippen LogP contribution in [0.1, 0.15) is 33.1 Å². The van der Waals surface area contributed by atoms with E-state index in [2.05, 4.69) is 29.3 Å². The molecule has 2 aliphatic heterocycles. The topological polar surface area (TPSA) is 44.8 Å². The number of hydrogen-bond donors (Lipinski definition) is 1. The summed E-state index contributed by atoms with van der Waals surface area (Å²) in [6.07, 6.45) is 3.41. The molecule has 0 bridgehead atoms. The molecule has 1 aromatic carbocycles. The van der Waals surface area contributed by atoms with E-state index in [0.29, 0.717) is 6.10 Å². The number of benzene rings is 1. The molecule has 2 amide bonds. The summed E-state index contributed by atoms with van der Waals surface area (Å²) in [4.78, 5) is 16.7. The van der Waals surface area contributed by atoms with Gasteiger partial charge in [-0.05, 0) is 56.4 Å². The minimum Gasteiger partial charge on any atom is -0.378 e. The van der Waals surface area contributed by atoms with Crippen LogP contribution in [0.15, 0.2) is 24.3 Å². The Morgan fingerprint density at radius 2 is 1.88 bits per heavy atom. The highest BCUT2D eigenvalue weighted by Crippen LogP contribution is 2.25. The molecule has 5 heteroatoms. The molecule has 2 fully saturated rings. The SMILES string of the molecule is CCOC1CCN(C(=O)Nc2ccc(N3CC[C@H](C)C3)cc2)CC1. The van der Waals surface area contributed by atoms with E-state index in [0.717, 1.165) is 57.2 Å². The highest BCUT2D eigenvalue weighted by molar-refractivity contribution is 5.89. The zero-order valence-corrected chi connectivity index (χ0v) is 14.8. The predicted molar refractivity (Wildman–Crippen MR) is 97.7 cm³/mol. The number of amides is 2. The van der Waals surface area contributed by atoms with Crippen molar-refractivity contribution in [2.24, 2.45) is 5.92 Å². The first-order valence-electron chi connectivity index (χ1n) is 9.18. The third kappa shape index (κ3) is 4.20. The van der Waals surface area contributed by atoms with E-state index in [1.807, 2.05) is 24.0 Å². The van der Waals surface area contributed by atoms with Crippen LogP contribution in [0.4, 0.5) is 16.2 Å². The summed E-state index contributed by atoms with van der Waals surface area (Å²) in [6.45, 7) is 8.84. The molecule has 0 unspecified atom stereocenters. The van der Waals surface area contributed by atoms with Gasteiger partial charge >= 0.3 is 6.03 Å². The maximum Gasteiger partial charge on any atom is 0.321 e. The Labute approximate surface area is 145 Å². The van der Waals surface area contributed by atoms with Crippen molar-refractivity contribution < 1.29 is 9.53 Å². The van der Waals surface area contributed by atoms with Crippen molar-refractivity contribution >= 4 is 17.4 Å². The molecule has 1 atom stereocenters. The molecule has 2 saturated heterocycles. The predicted octanol–water partition coefficient (Wildman–Crippen LogP) is 3.57. The Morgan fingerprint density at radius 3 is 2.46 bits per heavy atom. The zero-order chi connectivity index (χ0) is 16.9. The van der Waals surface area contributed by atoms with Crippen molar-refractivity contribution in [3.63, 3.8) is 0 Å². The first kappa shape index (κ1) is 17.1. The molecule has 2 aliphatic rings. The number of anilines is 2. The van der Waals surface area contributed by atoms with Crippen LogP contribution >= 0.6 is 0 Å². The van der Waals surface area contributed by atoms with Gasteiger partial charge in [0.15, 0.2) is 0 Å². The number of carbonyl (C=O) groups excluding carboxylic acids is 1. The first-order chi connectivity index (χ1) is 11.7. The van der Waals surface area contributed by atoms with Gasteiger partial charge in [-0.15, -0.1) is 0 Å². The lowest BCUT2D eigenvalue weighted by Gasteiger charge is -2.31. The number of piperidine rings is 1. The van der Waals surface area contributed by atoms with E-state index in [-0.39, 0.29) is 6.03 Å². The zero-order valence-electron chi connectivity index (χ0n) is 14.8. The Hall–Kier alpha value is -1.75. The van der Waals surface area contributed by atoms with E-state index in [4.69, 9.17) is 4.74 Å². The largest absolute Gasteiger partial charge is 0.378 e. The molecule has 1 aromatic rings. The second kappa shape index (κ2) is 7.88. The Bertz CT molecular complexity index is 538. The second-order valence-electron chi connectivity index (χ2n) is 6.96. The van der Waals surface area contributed by atoms with Gasteiger partial charge in [-0.25, -0.2) is 4.79 Å². The monoisotopic (exact) mass is 331 g/mol. The van der Waals surface area contributed by atoms with E-state index in [1.54, 1.807) is 0 Å². The number of nitrogens with zero attached hydrogens (tertiary/aromatic N) is 2. The van der Waals surface area contributed by atoms with Crippen molar-refractivity contribution in [2.75, 3.05) is 43.0 Å². The number of rotatable bonds is 4. The van der Waals surface area contributed by atoms with Gasteiger partial charge in [0.05, 0.1) is 6.10 Å². The molecular formula is C19H29N3O2. The third-order valence-corrected chi connectivity index (χ3v) is 5.04. The lowest BCUT2D eigenvalue weighted by atomic mass is 10.1. The number of likely N-dealkylation sites (tertiary alicyclic amines) is 1. The Balaban J connectivity index is 1.50. The van der Waals surface area contributed by atoms with Gasteiger partial charge in [-0.3, -0.25) is 0 Å². The fourth-order valence-corrected chi connectivity index (χ4v) is 3.59. The highest BCUT2D eigenvalue weighted by Gasteiger charge is 2.23. The normalized spacial score (nSPS) is 22.0. The van der Waals surface area contributed by atoms with Crippen LogP contribution in [0.25, 0.3) is 0 Å². The molecule has 0 aromatic heterocycles. The minimum absolute atomic E-state index is 0.00695. The van der Waals surface area contributed by atoms with Crippen LogP contribution < -0.4 is 10.2 Å². The van der Waals surface area contributed by atoms with Gasteiger partial charge in [0.25, 0.3) is 0 Å². The van der Waals surface area contributed by atoms with Crippen molar-refractivity contribution in [3.8, 4) is 0 Å². The number of ether oxygens (including phenoxy) is 1. The summed E-state index contributed by atoms with van der Waals surface area (Å²) in [6, 6.07) is 8.21. The second-order valence-corrected chi connectivity index (χ2v) is 6.96. The lowest BCUT2D eigenvalue weighted by molar-refractivity contribution is 0.0232. The molecule has 132 valence electrons. The number of carbonyl (C=O) groups is 1.